The van der Waals surface area contributed by atoms with Crippen molar-refractivity contribution in [3.63, 3.8) is 0 Å². The first kappa shape index (κ1) is 21.1. The van der Waals surface area contributed by atoms with Crippen LogP contribution in [-0.2, 0) is 11.2 Å². The number of hydrogen-bond donors (Lipinski definition) is 2. The molecule has 0 aromatic heterocycles. The predicted octanol–water partition coefficient (Wildman–Crippen LogP) is 3.00. The molecule has 0 radical (unpaired) electrons. The highest BCUT2D eigenvalue weighted by Crippen LogP contribution is 2.13. The Bertz CT molecular complexity index is 667. The van der Waals surface area contributed by atoms with Gasteiger partial charge in [0.25, 0.3) is 0 Å². The molecule has 2 aromatic carbocycles. The Balaban J connectivity index is 0.00000312. The molecule has 0 aliphatic carbocycles. The predicted molar refractivity (Wildman–Crippen MR) is 103 cm³/mol. The molecule has 0 saturated heterocycles. The second kappa shape index (κ2) is 10.8. The van der Waals surface area contributed by atoms with E-state index >= 15 is 0 Å². The normalized spacial score (nSPS) is 10.4. The average Bonchev–Trinajstić information content (AvgIpc) is 2.57. The minimum absolute atomic E-state index is 0. The highest BCUT2D eigenvalue weighted by atomic mass is 35.5. The minimum Gasteiger partial charge on any atom is -0.329 e. The topological polar surface area (TPSA) is 58.4 Å². The third-order valence-corrected chi connectivity index (χ3v) is 3.83. The van der Waals surface area contributed by atoms with E-state index < -0.39 is 0 Å². The van der Waals surface area contributed by atoms with Gasteiger partial charge in [-0.2, -0.15) is 0 Å². The number of nitrogens with one attached hydrogen (secondary N) is 1. The molecule has 3 N–H and O–H groups in total. The molecule has 6 heteroatoms. The molecule has 0 saturated carbocycles. The van der Waals surface area contributed by atoms with Gasteiger partial charge < -0.3 is 11.1 Å². The van der Waals surface area contributed by atoms with Crippen molar-refractivity contribution >= 4 is 24.0 Å². The molecule has 25 heavy (non-hydrogen) atoms. The van der Waals surface area contributed by atoms with Crippen LogP contribution in [0.5, 0.6) is 0 Å². The van der Waals surface area contributed by atoms with Crippen molar-refractivity contribution in [2.24, 2.45) is 5.73 Å². The van der Waals surface area contributed by atoms with E-state index in [0.717, 1.165) is 13.0 Å². The molecule has 0 atom stereocenters. The molecule has 2 rings (SSSR count). The zero-order valence-corrected chi connectivity index (χ0v) is 15.2. The Labute approximate surface area is 154 Å². The van der Waals surface area contributed by atoms with E-state index in [1.54, 1.807) is 19.1 Å². The molecular weight excluding hydrogens is 341 g/mol. The van der Waals surface area contributed by atoms with Gasteiger partial charge in [0.1, 0.15) is 5.82 Å². The van der Waals surface area contributed by atoms with Crippen molar-refractivity contribution in [2.45, 2.75) is 13.3 Å². The third-order valence-electron chi connectivity index (χ3n) is 3.83. The summed E-state index contributed by atoms with van der Waals surface area (Å²) in [6.45, 7) is 3.80. The van der Waals surface area contributed by atoms with Crippen molar-refractivity contribution < 1.29 is 9.18 Å². The summed E-state index contributed by atoms with van der Waals surface area (Å²) in [5.74, 6) is -0.490. The first-order valence-corrected chi connectivity index (χ1v) is 8.11. The molecule has 0 bridgehead atoms. The van der Waals surface area contributed by atoms with Gasteiger partial charge in [-0.15, -0.1) is 12.4 Å². The number of carbonyl (C=O) groups excluding carboxylic acids is 1. The molecule has 2 aromatic rings. The molecule has 0 spiro atoms. The Morgan fingerprint density at radius 3 is 2.52 bits per heavy atom. The summed E-state index contributed by atoms with van der Waals surface area (Å²) in [5.41, 5.74) is 7.89. The fourth-order valence-corrected chi connectivity index (χ4v) is 2.46. The maximum atomic E-state index is 13.5. The van der Waals surface area contributed by atoms with Gasteiger partial charge in [-0.1, -0.05) is 36.4 Å². The van der Waals surface area contributed by atoms with Crippen LogP contribution in [-0.4, -0.2) is 37.0 Å². The quantitative estimate of drug-likeness (QED) is 0.756. The van der Waals surface area contributed by atoms with Crippen molar-refractivity contribution in [3.8, 4) is 0 Å². The molecule has 0 heterocycles. The highest BCUT2D eigenvalue weighted by molar-refractivity contribution is 5.92. The Kier molecular flexibility index (Phi) is 9.13. The Morgan fingerprint density at radius 2 is 1.88 bits per heavy atom. The van der Waals surface area contributed by atoms with Gasteiger partial charge in [-0.25, -0.2) is 4.39 Å². The van der Waals surface area contributed by atoms with Gasteiger partial charge in [0, 0.05) is 25.3 Å². The number of nitrogens with zero attached hydrogens (tertiary/aromatic N) is 1. The monoisotopic (exact) mass is 365 g/mol. The standard InChI is InChI=1S/C19H24FN3O.ClH/c1-15-7-8-17(13-18(15)20)22-19(24)14-23(12-10-21)11-9-16-5-3-2-4-6-16;/h2-8,13H,9-12,14,21H2,1H3,(H,22,24);1H. The summed E-state index contributed by atoms with van der Waals surface area (Å²) in [7, 11) is 0. The van der Waals surface area contributed by atoms with Crippen LogP contribution < -0.4 is 11.1 Å². The number of anilines is 1. The number of nitrogens with two attached hydrogens (primary N) is 1. The van der Waals surface area contributed by atoms with Crippen molar-refractivity contribution in [3.05, 3.63) is 65.5 Å². The largest absolute Gasteiger partial charge is 0.329 e. The van der Waals surface area contributed by atoms with E-state index in [-0.39, 0.29) is 30.7 Å². The van der Waals surface area contributed by atoms with Gasteiger partial charge in [0.05, 0.1) is 6.54 Å². The molecule has 4 nitrogen and oxygen atoms in total. The van der Waals surface area contributed by atoms with Crippen molar-refractivity contribution in [2.75, 3.05) is 31.5 Å². The minimum atomic E-state index is -0.323. The van der Waals surface area contributed by atoms with Crippen LogP contribution in [0.1, 0.15) is 11.1 Å². The van der Waals surface area contributed by atoms with Gasteiger partial charge >= 0.3 is 0 Å². The number of amides is 1. The van der Waals surface area contributed by atoms with Crippen LogP contribution in [0.3, 0.4) is 0 Å². The number of benzene rings is 2. The van der Waals surface area contributed by atoms with Crippen LogP contribution >= 0.6 is 12.4 Å². The number of aryl methyl sites for hydroxylation is 1. The summed E-state index contributed by atoms with van der Waals surface area (Å²) < 4.78 is 13.5. The third kappa shape index (κ3) is 7.22. The highest BCUT2D eigenvalue weighted by Gasteiger charge is 2.11. The maximum Gasteiger partial charge on any atom is 0.238 e. The lowest BCUT2D eigenvalue weighted by Gasteiger charge is -2.21. The molecular formula is C19H25ClFN3O. The number of rotatable bonds is 8. The van der Waals surface area contributed by atoms with E-state index in [4.69, 9.17) is 5.73 Å². The lowest BCUT2D eigenvalue weighted by atomic mass is 10.1. The molecule has 0 fully saturated rings. The van der Waals surface area contributed by atoms with E-state index in [9.17, 15) is 9.18 Å². The molecule has 0 aliphatic rings. The summed E-state index contributed by atoms with van der Waals surface area (Å²) in [4.78, 5) is 14.2. The smallest absolute Gasteiger partial charge is 0.238 e. The van der Waals surface area contributed by atoms with Crippen molar-refractivity contribution in [1.82, 2.24) is 4.90 Å². The zero-order chi connectivity index (χ0) is 17.4. The average molecular weight is 366 g/mol. The summed E-state index contributed by atoms with van der Waals surface area (Å²) in [6.07, 6.45) is 0.854. The Morgan fingerprint density at radius 1 is 1.16 bits per heavy atom. The molecule has 136 valence electrons. The van der Waals surface area contributed by atoms with E-state index in [0.29, 0.717) is 24.3 Å². The fraction of sp³-hybridized carbons (Fsp3) is 0.316. The van der Waals surface area contributed by atoms with Crippen LogP contribution in [0.25, 0.3) is 0 Å². The first-order valence-electron chi connectivity index (χ1n) is 8.11. The van der Waals surface area contributed by atoms with Crippen LogP contribution in [0, 0.1) is 12.7 Å². The van der Waals surface area contributed by atoms with Gasteiger partial charge in [-0.3, -0.25) is 9.69 Å². The second-order valence-corrected chi connectivity index (χ2v) is 5.81. The van der Waals surface area contributed by atoms with Crippen LogP contribution in [0.2, 0.25) is 0 Å². The van der Waals surface area contributed by atoms with E-state index in [1.165, 1.54) is 11.6 Å². The Hall–Kier alpha value is -1.95. The number of halogens is 2. The molecule has 0 aliphatic heterocycles. The van der Waals surface area contributed by atoms with Gasteiger partial charge in [0.2, 0.25) is 5.91 Å². The lowest BCUT2D eigenvalue weighted by molar-refractivity contribution is -0.117. The van der Waals surface area contributed by atoms with Crippen LogP contribution in [0.15, 0.2) is 48.5 Å². The second-order valence-electron chi connectivity index (χ2n) is 5.81. The summed E-state index contributed by atoms with van der Waals surface area (Å²) >= 11 is 0. The summed E-state index contributed by atoms with van der Waals surface area (Å²) in [6, 6.07) is 14.8. The van der Waals surface area contributed by atoms with Crippen molar-refractivity contribution in [1.29, 1.82) is 0 Å². The number of hydrogen-bond acceptors (Lipinski definition) is 3. The van der Waals surface area contributed by atoms with E-state index in [2.05, 4.69) is 17.4 Å². The number of carbonyl (C=O) groups is 1. The lowest BCUT2D eigenvalue weighted by Crippen LogP contribution is -2.38. The molecule has 1 amide bonds. The van der Waals surface area contributed by atoms with E-state index in [1.807, 2.05) is 23.1 Å². The van der Waals surface area contributed by atoms with Crippen LogP contribution in [0.4, 0.5) is 10.1 Å². The van der Waals surface area contributed by atoms with Gasteiger partial charge in [0.15, 0.2) is 0 Å². The zero-order valence-electron chi connectivity index (χ0n) is 14.4. The molecule has 0 unspecified atom stereocenters. The fourth-order valence-electron chi connectivity index (χ4n) is 2.46. The first-order chi connectivity index (χ1) is 11.6. The van der Waals surface area contributed by atoms with Gasteiger partial charge in [-0.05, 0) is 36.6 Å². The SMILES string of the molecule is Cc1ccc(NC(=O)CN(CCN)CCc2ccccc2)cc1F.Cl. The maximum absolute atomic E-state index is 13.5. The summed E-state index contributed by atoms with van der Waals surface area (Å²) in [5, 5.41) is 2.74.